The highest BCUT2D eigenvalue weighted by Gasteiger charge is 2.36. The summed E-state index contributed by atoms with van der Waals surface area (Å²) in [7, 11) is 0. The van der Waals surface area contributed by atoms with Crippen LogP contribution in [0, 0.1) is 0 Å². The van der Waals surface area contributed by atoms with Crippen LogP contribution in [0.25, 0.3) is 0 Å². The fourth-order valence-electron chi connectivity index (χ4n) is 2.63. The molecule has 0 saturated carbocycles. The van der Waals surface area contributed by atoms with Gasteiger partial charge in [-0.3, -0.25) is 0 Å². The summed E-state index contributed by atoms with van der Waals surface area (Å²) in [5.41, 5.74) is 1.44. The molecule has 0 amide bonds. The lowest BCUT2D eigenvalue weighted by Crippen LogP contribution is -2.53. The summed E-state index contributed by atoms with van der Waals surface area (Å²) in [6, 6.07) is 2.66. The van der Waals surface area contributed by atoms with E-state index in [-0.39, 0.29) is 5.60 Å². The Hall–Kier alpha value is -0.380. The van der Waals surface area contributed by atoms with Gasteiger partial charge >= 0.3 is 0 Å². The molecule has 1 aliphatic heterocycles. The van der Waals surface area contributed by atoms with Crippen LogP contribution in [0.4, 0.5) is 0 Å². The second-order valence-electron chi connectivity index (χ2n) is 5.06. The van der Waals surface area contributed by atoms with Gasteiger partial charge in [0.25, 0.3) is 0 Å². The summed E-state index contributed by atoms with van der Waals surface area (Å²) >= 11 is 1.78. The van der Waals surface area contributed by atoms with E-state index in [4.69, 9.17) is 4.74 Å². The van der Waals surface area contributed by atoms with Crippen LogP contribution >= 0.6 is 11.3 Å². The van der Waals surface area contributed by atoms with E-state index in [2.05, 4.69) is 36.0 Å². The molecule has 2 rings (SSSR count). The maximum Gasteiger partial charge on any atom is 0.0810 e. The van der Waals surface area contributed by atoms with Crippen LogP contribution in [0.5, 0.6) is 0 Å². The highest BCUT2D eigenvalue weighted by Crippen LogP contribution is 2.29. The average Bonchev–Trinajstić information content (AvgIpc) is 2.82. The van der Waals surface area contributed by atoms with E-state index < -0.39 is 0 Å². The third-order valence-electron chi connectivity index (χ3n) is 3.71. The second-order valence-corrected chi connectivity index (χ2v) is 5.84. The van der Waals surface area contributed by atoms with Crippen molar-refractivity contribution in [3.63, 3.8) is 0 Å². The molecule has 0 aromatic carbocycles. The monoisotopic (exact) mass is 253 g/mol. The predicted molar refractivity (Wildman–Crippen MR) is 73.7 cm³/mol. The van der Waals surface area contributed by atoms with E-state index in [1.165, 1.54) is 24.8 Å². The van der Waals surface area contributed by atoms with Crippen LogP contribution in [0.3, 0.4) is 0 Å². The van der Waals surface area contributed by atoms with E-state index in [1.807, 2.05) is 0 Å². The molecule has 2 nitrogen and oxygen atoms in total. The highest BCUT2D eigenvalue weighted by molar-refractivity contribution is 7.07. The minimum atomic E-state index is 0.0101. The van der Waals surface area contributed by atoms with Crippen molar-refractivity contribution in [1.82, 2.24) is 5.32 Å². The van der Waals surface area contributed by atoms with Gasteiger partial charge in [0.05, 0.1) is 5.60 Å². The second kappa shape index (κ2) is 5.98. The smallest absolute Gasteiger partial charge is 0.0810 e. The highest BCUT2D eigenvalue weighted by atomic mass is 32.1. The molecule has 3 heteroatoms. The summed E-state index contributed by atoms with van der Waals surface area (Å²) in [4.78, 5) is 0. The van der Waals surface area contributed by atoms with Gasteiger partial charge in [-0.05, 0) is 61.5 Å². The van der Waals surface area contributed by atoms with Gasteiger partial charge in [0.1, 0.15) is 0 Å². The quantitative estimate of drug-likeness (QED) is 0.870. The van der Waals surface area contributed by atoms with Gasteiger partial charge in [-0.1, -0.05) is 6.92 Å². The summed E-state index contributed by atoms with van der Waals surface area (Å²) in [5.74, 6) is 0. The molecule has 2 unspecified atom stereocenters. The Morgan fingerprint density at radius 3 is 3.00 bits per heavy atom. The summed E-state index contributed by atoms with van der Waals surface area (Å²) in [6.45, 7) is 6.37. The molecule has 96 valence electrons. The van der Waals surface area contributed by atoms with Crippen LogP contribution < -0.4 is 5.32 Å². The van der Waals surface area contributed by atoms with Gasteiger partial charge in [-0.2, -0.15) is 11.3 Å². The Bertz CT molecular complexity index is 317. The number of ether oxygens (including phenoxy) is 1. The SMILES string of the molecule is CCNC(Cc1ccsc1)C1(C)CCCCO1. The van der Waals surface area contributed by atoms with Crippen LogP contribution in [-0.2, 0) is 11.2 Å². The third-order valence-corrected chi connectivity index (χ3v) is 4.44. The van der Waals surface area contributed by atoms with Gasteiger partial charge in [0.2, 0.25) is 0 Å². The molecular formula is C14H23NOS. The number of hydrogen-bond donors (Lipinski definition) is 1. The zero-order valence-electron chi connectivity index (χ0n) is 10.9. The first-order valence-electron chi connectivity index (χ1n) is 6.63. The molecule has 2 atom stereocenters. The largest absolute Gasteiger partial charge is 0.374 e. The van der Waals surface area contributed by atoms with Crippen molar-refractivity contribution in [1.29, 1.82) is 0 Å². The Morgan fingerprint density at radius 2 is 2.41 bits per heavy atom. The van der Waals surface area contributed by atoms with Gasteiger partial charge in [0.15, 0.2) is 0 Å². The van der Waals surface area contributed by atoms with Crippen LogP contribution in [0.2, 0.25) is 0 Å². The fourth-order valence-corrected chi connectivity index (χ4v) is 3.31. The standard InChI is InChI=1S/C14H23NOS/c1-3-15-13(10-12-6-9-17-11-12)14(2)7-4-5-8-16-14/h6,9,11,13,15H,3-5,7-8,10H2,1-2H3. The fraction of sp³-hybridized carbons (Fsp3) is 0.714. The van der Waals surface area contributed by atoms with Crippen molar-refractivity contribution in [3.05, 3.63) is 22.4 Å². The molecule has 1 aromatic heterocycles. The summed E-state index contributed by atoms with van der Waals surface area (Å²) in [6.07, 6.45) is 4.76. The molecule has 0 aliphatic carbocycles. The Balaban J connectivity index is 2.04. The van der Waals surface area contributed by atoms with E-state index in [0.29, 0.717) is 6.04 Å². The maximum absolute atomic E-state index is 6.07. The van der Waals surface area contributed by atoms with Crippen LogP contribution in [0.1, 0.15) is 38.7 Å². The zero-order valence-corrected chi connectivity index (χ0v) is 11.7. The average molecular weight is 253 g/mol. The van der Waals surface area contributed by atoms with Crippen LogP contribution in [0.15, 0.2) is 16.8 Å². The van der Waals surface area contributed by atoms with E-state index in [9.17, 15) is 0 Å². The van der Waals surface area contributed by atoms with Crippen molar-refractivity contribution in [2.24, 2.45) is 0 Å². The van der Waals surface area contributed by atoms with Crippen molar-refractivity contribution >= 4 is 11.3 Å². The minimum absolute atomic E-state index is 0.0101. The molecule has 1 N–H and O–H groups in total. The normalized spacial score (nSPS) is 26.9. The molecule has 2 heterocycles. The molecular weight excluding hydrogens is 230 g/mol. The minimum Gasteiger partial charge on any atom is -0.374 e. The van der Waals surface area contributed by atoms with Crippen molar-refractivity contribution < 1.29 is 4.74 Å². The van der Waals surface area contributed by atoms with E-state index in [1.54, 1.807) is 11.3 Å². The van der Waals surface area contributed by atoms with E-state index >= 15 is 0 Å². The molecule has 1 fully saturated rings. The van der Waals surface area contributed by atoms with Crippen molar-refractivity contribution in [3.8, 4) is 0 Å². The number of hydrogen-bond acceptors (Lipinski definition) is 3. The van der Waals surface area contributed by atoms with Gasteiger partial charge in [-0.25, -0.2) is 0 Å². The summed E-state index contributed by atoms with van der Waals surface area (Å²) in [5, 5.41) is 8.01. The predicted octanol–water partition coefficient (Wildman–Crippen LogP) is 3.23. The lowest BCUT2D eigenvalue weighted by molar-refractivity contribution is -0.0881. The topological polar surface area (TPSA) is 21.3 Å². The Labute approximate surface area is 108 Å². The number of rotatable bonds is 5. The van der Waals surface area contributed by atoms with Crippen molar-refractivity contribution in [2.45, 2.75) is 51.2 Å². The van der Waals surface area contributed by atoms with Gasteiger partial charge in [-0.15, -0.1) is 0 Å². The first-order chi connectivity index (χ1) is 8.24. The summed E-state index contributed by atoms with van der Waals surface area (Å²) < 4.78 is 6.07. The lowest BCUT2D eigenvalue weighted by atomic mass is 9.85. The molecule has 0 spiro atoms. The molecule has 1 saturated heterocycles. The first-order valence-corrected chi connectivity index (χ1v) is 7.57. The number of nitrogens with one attached hydrogen (secondary N) is 1. The molecule has 1 aliphatic rings. The molecule has 17 heavy (non-hydrogen) atoms. The Kier molecular flexibility index (Phi) is 4.60. The maximum atomic E-state index is 6.07. The van der Waals surface area contributed by atoms with Crippen LogP contribution in [-0.4, -0.2) is 24.8 Å². The zero-order chi connectivity index (χ0) is 12.1. The molecule has 0 radical (unpaired) electrons. The molecule has 0 bridgehead atoms. The number of thiophene rings is 1. The van der Waals surface area contributed by atoms with E-state index in [0.717, 1.165) is 19.6 Å². The molecule has 1 aromatic rings. The third kappa shape index (κ3) is 3.30. The Morgan fingerprint density at radius 1 is 1.53 bits per heavy atom. The van der Waals surface area contributed by atoms with Gasteiger partial charge < -0.3 is 10.1 Å². The number of likely N-dealkylation sites (N-methyl/N-ethyl adjacent to an activating group) is 1. The van der Waals surface area contributed by atoms with Gasteiger partial charge in [0, 0.05) is 12.6 Å². The van der Waals surface area contributed by atoms with Crippen molar-refractivity contribution in [2.75, 3.05) is 13.2 Å². The first kappa shape index (κ1) is 13.1. The lowest BCUT2D eigenvalue weighted by Gasteiger charge is -2.41.